The van der Waals surface area contributed by atoms with Gasteiger partial charge in [0.15, 0.2) is 0 Å². The molecule has 2 aliphatic rings. The highest BCUT2D eigenvalue weighted by Gasteiger charge is 2.61. The Labute approximate surface area is 133 Å². The highest BCUT2D eigenvalue weighted by atomic mass is 16.2. The van der Waals surface area contributed by atoms with E-state index in [1.807, 2.05) is 9.80 Å². The fraction of sp³-hybridized carbons (Fsp3) is 0.765. The highest BCUT2D eigenvalue weighted by molar-refractivity contribution is 5.84. The van der Waals surface area contributed by atoms with Crippen molar-refractivity contribution in [1.82, 2.24) is 9.80 Å². The van der Waals surface area contributed by atoms with Crippen molar-refractivity contribution >= 4 is 11.8 Å². The van der Waals surface area contributed by atoms with Gasteiger partial charge in [0, 0.05) is 26.2 Å². The van der Waals surface area contributed by atoms with Crippen molar-refractivity contribution in [3.05, 3.63) is 11.6 Å². The smallest absolute Gasteiger partial charge is 0.231 e. The van der Waals surface area contributed by atoms with Gasteiger partial charge in [0.2, 0.25) is 11.8 Å². The number of carbonyl (C=O) groups is 2. The lowest BCUT2D eigenvalue weighted by atomic mass is 10.1. The number of allylic oxidation sites excluding steroid dienone is 2. The molecule has 5 heteroatoms. The van der Waals surface area contributed by atoms with Crippen molar-refractivity contribution in [3.8, 4) is 0 Å². The van der Waals surface area contributed by atoms with Crippen LogP contribution in [0.4, 0.5) is 0 Å². The summed E-state index contributed by atoms with van der Waals surface area (Å²) in [7, 11) is 0. The van der Waals surface area contributed by atoms with Crippen molar-refractivity contribution in [3.63, 3.8) is 0 Å². The summed E-state index contributed by atoms with van der Waals surface area (Å²) in [5, 5.41) is 0. The van der Waals surface area contributed by atoms with Crippen LogP contribution < -0.4 is 5.73 Å². The van der Waals surface area contributed by atoms with Crippen LogP contribution in [0.15, 0.2) is 11.6 Å². The molecule has 124 valence electrons. The van der Waals surface area contributed by atoms with Crippen LogP contribution in [0.5, 0.6) is 0 Å². The molecule has 0 spiro atoms. The van der Waals surface area contributed by atoms with Gasteiger partial charge < -0.3 is 10.6 Å². The van der Waals surface area contributed by atoms with Crippen molar-refractivity contribution in [2.75, 3.05) is 32.7 Å². The Hall–Kier alpha value is -1.36. The van der Waals surface area contributed by atoms with Crippen molar-refractivity contribution in [2.24, 2.45) is 23.0 Å². The number of rotatable bonds is 4. The standard InChI is InChI=1S/C17H29N3O2/c1-12(2)10-13-15(17(13,3)4)16(22)20-7-5-6-19(8-9-20)11-14(18)21/h10,13,15H,5-9,11H2,1-4H3,(H2,18,21)/t13-,15+/m0/s1. The summed E-state index contributed by atoms with van der Waals surface area (Å²) >= 11 is 0. The molecular formula is C17H29N3O2. The molecule has 0 aromatic heterocycles. The van der Waals surface area contributed by atoms with E-state index in [9.17, 15) is 9.59 Å². The average Bonchev–Trinajstić information content (AvgIpc) is 3.00. The van der Waals surface area contributed by atoms with Crippen molar-refractivity contribution < 1.29 is 9.59 Å². The van der Waals surface area contributed by atoms with E-state index in [0.29, 0.717) is 12.5 Å². The zero-order valence-corrected chi connectivity index (χ0v) is 14.3. The minimum Gasteiger partial charge on any atom is -0.369 e. The van der Waals surface area contributed by atoms with Gasteiger partial charge in [-0.15, -0.1) is 0 Å². The third-order valence-electron chi connectivity index (χ3n) is 4.97. The Bertz CT molecular complexity index is 480. The van der Waals surface area contributed by atoms with E-state index in [1.54, 1.807) is 0 Å². The maximum absolute atomic E-state index is 12.8. The number of hydrogen-bond acceptors (Lipinski definition) is 3. The van der Waals surface area contributed by atoms with Crippen LogP contribution >= 0.6 is 0 Å². The van der Waals surface area contributed by atoms with E-state index in [-0.39, 0.29) is 29.7 Å². The predicted molar refractivity (Wildman–Crippen MR) is 87.0 cm³/mol. The van der Waals surface area contributed by atoms with Gasteiger partial charge >= 0.3 is 0 Å². The lowest BCUT2D eigenvalue weighted by molar-refractivity contribution is -0.133. The Morgan fingerprint density at radius 3 is 2.45 bits per heavy atom. The second-order valence-electron chi connectivity index (χ2n) is 7.49. The van der Waals surface area contributed by atoms with Crippen LogP contribution in [0, 0.1) is 17.3 Å². The van der Waals surface area contributed by atoms with Crippen LogP contribution in [0.1, 0.15) is 34.1 Å². The second kappa shape index (κ2) is 6.41. The topological polar surface area (TPSA) is 66.6 Å². The van der Waals surface area contributed by atoms with Crippen molar-refractivity contribution in [1.29, 1.82) is 0 Å². The molecule has 1 saturated carbocycles. The summed E-state index contributed by atoms with van der Waals surface area (Å²) in [6.45, 7) is 11.9. The van der Waals surface area contributed by atoms with Crippen LogP contribution in [0.25, 0.3) is 0 Å². The minimum atomic E-state index is -0.299. The zero-order valence-electron chi connectivity index (χ0n) is 14.3. The number of amides is 2. The van der Waals surface area contributed by atoms with E-state index in [4.69, 9.17) is 5.73 Å². The number of nitrogens with two attached hydrogens (primary N) is 1. The normalized spacial score (nSPS) is 27.9. The molecule has 1 heterocycles. The lowest BCUT2D eigenvalue weighted by Gasteiger charge is -2.22. The molecule has 2 amide bonds. The molecule has 1 aliphatic heterocycles. The quantitative estimate of drug-likeness (QED) is 0.795. The summed E-state index contributed by atoms with van der Waals surface area (Å²) in [6.07, 6.45) is 3.14. The van der Waals surface area contributed by atoms with Crippen molar-refractivity contribution in [2.45, 2.75) is 34.1 Å². The molecule has 0 radical (unpaired) electrons. The van der Waals surface area contributed by atoms with Gasteiger partial charge in [0.1, 0.15) is 0 Å². The first kappa shape index (κ1) is 17.0. The summed E-state index contributed by atoms with van der Waals surface area (Å²) in [4.78, 5) is 27.9. The molecular weight excluding hydrogens is 278 g/mol. The van der Waals surface area contributed by atoms with E-state index in [2.05, 4.69) is 33.8 Å². The Kier molecular flexibility index (Phi) is 4.95. The predicted octanol–water partition coefficient (Wildman–Crippen LogP) is 1.24. The summed E-state index contributed by atoms with van der Waals surface area (Å²) in [5.41, 5.74) is 6.60. The van der Waals surface area contributed by atoms with Gasteiger partial charge in [0.25, 0.3) is 0 Å². The first-order chi connectivity index (χ1) is 10.2. The summed E-state index contributed by atoms with van der Waals surface area (Å²) in [5.74, 6) is 0.431. The minimum absolute atomic E-state index is 0.0631. The molecule has 2 rings (SSSR count). The number of nitrogens with zero attached hydrogens (tertiary/aromatic N) is 2. The van der Waals surface area contributed by atoms with Gasteiger partial charge in [-0.05, 0) is 31.6 Å². The molecule has 2 fully saturated rings. The Morgan fingerprint density at radius 1 is 1.18 bits per heavy atom. The molecule has 22 heavy (non-hydrogen) atoms. The number of hydrogen-bond donors (Lipinski definition) is 1. The molecule has 5 nitrogen and oxygen atoms in total. The first-order valence-corrected chi connectivity index (χ1v) is 8.18. The van der Waals surface area contributed by atoms with E-state index < -0.39 is 0 Å². The zero-order chi connectivity index (χ0) is 16.5. The molecule has 1 saturated heterocycles. The second-order valence-corrected chi connectivity index (χ2v) is 7.49. The van der Waals surface area contributed by atoms with Crippen LogP contribution in [0.2, 0.25) is 0 Å². The Balaban J connectivity index is 1.96. The molecule has 2 N–H and O–H groups in total. The molecule has 0 aromatic carbocycles. The van der Waals surface area contributed by atoms with Gasteiger partial charge in [-0.2, -0.15) is 0 Å². The SMILES string of the molecule is CC(C)=C[C@H]1[C@H](C(=O)N2CCCN(CC(N)=O)CC2)C1(C)C. The molecule has 0 bridgehead atoms. The third-order valence-corrected chi connectivity index (χ3v) is 4.97. The van der Waals surface area contributed by atoms with Crippen LogP contribution in [-0.2, 0) is 9.59 Å². The Morgan fingerprint density at radius 2 is 1.86 bits per heavy atom. The number of primary amides is 1. The molecule has 1 aliphatic carbocycles. The summed E-state index contributed by atoms with van der Waals surface area (Å²) in [6, 6.07) is 0. The summed E-state index contributed by atoms with van der Waals surface area (Å²) < 4.78 is 0. The van der Waals surface area contributed by atoms with E-state index in [0.717, 1.165) is 26.1 Å². The lowest BCUT2D eigenvalue weighted by Crippen LogP contribution is -2.39. The third kappa shape index (κ3) is 3.69. The van der Waals surface area contributed by atoms with Crippen LogP contribution in [0.3, 0.4) is 0 Å². The van der Waals surface area contributed by atoms with Gasteiger partial charge in [-0.3, -0.25) is 14.5 Å². The molecule has 0 aromatic rings. The van der Waals surface area contributed by atoms with Gasteiger partial charge in [-0.1, -0.05) is 25.5 Å². The average molecular weight is 307 g/mol. The largest absolute Gasteiger partial charge is 0.369 e. The fourth-order valence-electron chi connectivity index (χ4n) is 3.59. The van der Waals surface area contributed by atoms with Crippen LogP contribution in [-0.4, -0.2) is 54.3 Å². The van der Waals surface area contributed by atoms with Gasteiger partial charge in [-0.25, -0.2) is 0 Å². The monoisotopic (exact) mass is 307 g/mol. The fourth-order valence-corrected chi connectivity index (χ4v) is 3.59. The van der Waals surface area contributed by atoms with E-state index in [1.165, 1.54) is 5.57 Å². The van der Waals surface area contributed by atoms with Gasteiger partial charge in [0.05, 0.1) is 12.5 Å². The molecule has 2 atom stereocenters. The first-order valence-electron chi connectivity index (χ1n) is 8.18. The number of carbonyl (C=O) groups excluding carboxylic acids is 2. The van der Waals surface area contributed by atoms with E-state index >= 15 is 0 Å². The highest BCUT2D eigenvalue weighted by Crippen LogP contribution is 2.60. The maximum Gasteiger partial charge on any atom is 0.231 e. The molecule has 0 unspecified atom stereocenters. The maximum atomic E-state index is 12.8.